The van der Waals surface area contributed by atoms with Crippen LogP contribution in [0.15, 0.2) is 6.33 Å². The van der Waals surface area contributed by atoms with Crippen molar-refractivity contribution in [2.75, 3.05) is 5.75 Å². The van der Waals surface area contributed by atoms with Crippen molar-refractivity contribution in [2.45, 2.75) is 6.42 Å². The van der Waals surface area contributed by atoms with Crippen molar-refractivity contribution >= 4 is 33.4 Å². The van der Waals surface area contributed by atoms with Gasteiger partial charge in [-0.1, -0.05) is 23.2 Å². The fourth-order valence-corrected chi connectivity index (χ4v) is 1.75. The van der Waals surface area contributed by atoms with Crippen molar-refractivity contribution in [1.29, 1.82) is 0 Å². The van der Waals surface area contributed by atoms with Gasteiger partial charge in [0.05, 0.1) is 5.75 Å². The van der Waals surface area contributed by atoms with Gasteiger partial charge in [-0.25, -0.2) is 9.97 Å². The minimum atomic E-state index is -4.53. The van der Waals surface area contributed by atoms with Crippen LogP contribution in [0.4, 0.5) is 3.89 Å². The van der Waals surface area contributed by atoms with Crippen molar-refractivity contribution < 1.29 is 12.3 Å². The van der Waals surface area contributed by atoms with E-state index in [4.69, 9.17) is 23.2 Å². The summed E-state index contributed by atoms with van der Waals surface area (Å²) in [6.07, 6.45) is 0.995. The Labute approximate surface area is 90.3 Å². The predicted octanol–water partition coefficient (Wildman–Crippen LogP) is 1.63. The van der Waals surface area contributed by atoms with Crippen molar-refractivity contribution in [2.24, 2.45) is 0 Å². The van der Waals surface area contributed by atoms with Gasteiger partial charge < -0.3 is 0 Å². The molecule has 1 aromatic rings. The molecule has 1 aromatic heterocycles. The number of aromatic nitrogens is 2. The molecule has 0 spiro atoms. The molecule has 1 heterocycles. The summed E-state index contributed by atoms with van der Waals surface area (Å²) in [6.45, 7) is 0. The average molecular weight is 259 g/mol. The van der Waals surface area contributed by atoms with Crippen molar-refractivity contribution in [3.8, 4) is 0 Å². The van der Waals surface area contributed by atoms with Gasteiger partial charge >= 0.3 is 10.2 Å². The zero-order valence-electron chi connectivity index (χ0n) is 6.74. The standard InChI is InChI=1S/C6H5Cl2FN2O2S/c7-5-4(1-2-14(9,12)13)6(8)11-3-10-5/h3H,1-2H2. The Kier molecular flexibility index (Phi) is 3.63. The summed E-state index contributed by atoms with van der Waals surface area (Å²) in [4.78, 5) is 7.19. The lowest BCUT2D eigenvalue weighted by atomic mass is 10.3. The van der Waals surface area contributed by atoms with Crippen molar-refractivity contribution in [3.05, 3.63) is 22.2 Å². The summed E-state index contributed by atoms with van der Waals surface area (Å²) in [7, 11) is -4.53. The van der Waals surface area contributed by atoms with Gasteiger partial charge in [0.25, 0.3) is 0 Å². The minimum absolute atomic E-state index is 0.0358. The maximum absolute atomic E-state index is 12.2. The molecular formula is C6H5Cl2FN2O2S. The molecule has 1 rings (SSSR count). The van der Waals surface area contributed by atoms with Gasteiger partial charge in [0, 0.05) is 5.56 Å². The highest BCUT2D eigenvalue weighted by atomic mass is 35.5. The van der Waals surface area contributed by atoms with E-state index in [1.165, 1.54) is 0 Å². The van der Waals surface area contributed by atoms with Gasteiger partial charge in [-0.2, -0.15) is 8.42 Å². The number of nitrogens with zero attached hydrogens (tertiary/aromatic N) is 2. The van der Waals surface area contributed by atoms with E-state index in [9.17, 15) is 12.3 Å². The Morgan fingerprint density at radius 2 is 1.79 bits per heavy atom. The Morgan fingerprint density at radius 1 is 1.29 bits per heavy atom. The van der Waals surface area contributed by atoms with Crippen molar-refractivity contribution in [1.82, 2.24) is 9.97 Å². The summed E-state index contributed by atoms with van der Waals surface area (Å²) in [5.41, 5.74) is 0.233. The molecule has 0 unspecified atom stereocenters. The third kappa shape index (κ3) is 3.36. The molecule has 0 atom stereocenters. The van der Waals surface area contributed by atoms with Gasteiger partial charge in [-0.05, 0) is 6.42 Å². The average Bonchev–Trinajstić information content (AvgIpc) is 2.01. The van der Waals surface area contributed by atoms with Crippen LogP contribution in [0.1, 0.15) is 5.56 Å². The van der Waals surface area contributed by atoms with E-state index in [0.717, 1.165) is 6.33 Å². The van der Waals surface area contributed by atoms with E-state index in [-0.39, 0.29) is 22.3 Å². The van der Waals surface area contributed by atoms with Crippen molar-refractivity contribution in [3.63, 3.8) is 0 Å². The van der Waals surface area contributed by atoms with E-state index < -0.39 is 16.0 Å². The second-order valence-corrected chi connectivity index (χ2v) is 4.63. The lowest BCUT2D eigenvalue weighted by Crippen LogP contribution is -2.04. The molecule has 0 radical (unpaired) electrons. The van der Waals surface area contributed by atoms with Gasteiger partial charge in [0.1, 0.15) is 16.6 Å². The topological polar surface area (TPSA) is 59.9 Å². The SMILES string of the molecule is O=S(=O)(F)CCc1c(Cl)ncnc1Cl. The summed E-state index contributed by atoms with van der Waals surface area (Å²) in [6, 6.07) is 0. The molecule has 0 saturated carbocycles. The largest absolute Gasteiger partial charge is 0.302 e. The quantitative estimate of drug-likeness (QED) is 0.611. The maximum atomic E-state index is 12.2. The molecule has 0 fully saturated rings. The van der Waals surface area contributed by atoms with Crippen LogP contribution in [0.2, 0.25) is 10.3 Å². The lowest BCUT2D eigenvalue weighted by Gasteiger charge is -2.02. The minimum Gasteiger partial charge on any atom is -0.224 e. The van der Waals surface area contributed by atoms with E-state index in [1.54, 1.807) is 0 Å². The molecule has 4 nitrogen and oxygen atoms in total. The second kappa shape index (κ2) is 4.37. The van der Waals surface area contributed by atoms with Crippen LogP contribution in [0.5, 0.6) is 0 Å². The summed E-state index contributed by atoms with van der Waals surface area (Å²) in [5.74, 6) is -0.681. The van der Waals surface area contributed by atoms with Gasteiger partial charge in [-0.3, -0.25) is 0 Å². The molecule has 0 bridgehead atoms. The molecule has 0 saturated heterocycles. The molecule has 14 heavy (non-hydrogen) atoms. The summed E-state index contributed by atoms with van der Waals surface area (Å²) in [5, 5.41) is 0.0716. The monoisotopic (exact) mass is 258 g/mol. The van der Waals surface area contributed by atoms with Gasteiger partial charge in [0.15, 0.2) is 0 Å². The molecule has 0 aromatic carbocycles. The molecule has 78 valence electrons. The first-order chi connectivity index (χ1) is 6.40. The Morgan fingerprint density at radius 3 is 2.21 bits per heavy atom. The zero-order valence-corrected chi connectivity index (χ0v) is 9.07. The molecule has 0 amide bonds. The van der Waals surface area contributed by atoms with E-state index >= 15 is 0 Å². The highest BCUT2D eigenvalue weighted by molar-refractivity contribution is 7.86. The first-order valence-corrected chi connectivity index (χ1v) is 5.78. The van der Waals surface area contributed by atoms with Crippen LogP contribution in [-0.2, 0) is 16.6 Å². The normalized spacial score (nSPS) is 11.6. The number of rotatable bonds is 3. The first kappa shape index (κ1) is 11.6. The smallest absolute Gasteiger partial charge is 0.224 e. The zero-order chi connectivity index (χ0) is 10.8. The predicted molar refractivity (Wildman–Crippen MR) is 50.7 cm³/mol. The number of hydrogen-bond donors (Lipinski definition) is 0. The first-order valence-electron chi connectivity index (χ1n) is 3.47. The summed E-state index contributed by atoms with van der Waals surface area (Å²) < 4.78 is 32.7. The van der Waals surface area contributed by atoms with Gasteiger partial charge in [-0.15, -0.1) is 3.89 Å². The Hall–Kier alpha value is -0.460. The van der Waals surface area contributed by atoms with Crippen LogP contribution >= 0.6 is 23.2 Å². The van der Waals surface area contributed by atoms with E-state index in [1.807, 2.05) is 0 Å². The van der Waals surface area contributed by atoms with Crippen LogP contribution in [-0.4, -0.2) is 24.1 Å². The van der Waals surface area contributed by atoms with Crippen LogP contribution in [0.3, 0.4) is 0 Å². The van der Waals surface area contributed by atoms with Crippen LogP contribution in [0.25, 0.3) is 0 Å². The number of hydrogen-bond acceptors (Lipinski definition) is 4. The van der Waals surface area contributed by atoms with Crippen LogP contribution in [0, 0.1) is 0 Å². The Bertz CT molecular complexity index is 417. The lowest BCUT2D eigenvalue weighted by molar-refractivity contribution is 0.551. The number of halogens is 3. The second-order valence-electron chi connectivity index (χ2n) is 2.43. The third-order valence-electron chi connectivity index (χ3n) is 1.44. The molecule has 0 aliphatic heterocycles. The third-order valence-corrected chi connectivity index (χ3v) is 2.78. The fourth-order valence-electron chi connectivity index (χ4n) is 0.801. The highest BCUT2D eigenvalue weighted by Gasteiger charge is 2.13. The Balaban J connectivity index is 2.87. The summed E-state index contributed by atoms with van der Waals surface area (Å²) >= 11 is 11.2. The maximum Gasteiger partial charge on any atom is 0.302 e. The van der Waals surface area contributed by atoms with Crippen LogP contribution < -0.4 is 0 Å². The molecule has 8 heteroatoms. The molecule has 0 aliphatic rings. The fraction of sp³-hybridized carbons (Fsp3) is 0.333. The van der Waals surface area contributed by atoms with Gasteiger partial charge in [0.2, 0.25) is 0 Å². The molecule has 0 aliphatic carbocycles. The van der Waals surface area contributed by atoms with E-state index in [2.05, 4.69) is 9.97 Å². The highest BCUT2D eigenvalue weighted by Crippen LogP contribution is 2.20. The molecular weight excluding hydrogens is 254 g/mol. The van der Waals surface area contributed by atoms with E-state index in [0.29, 0.717) is 0 Å². The molecule has 0 N–H and O–H groups in total.